The fraction of sp³-hybridized carbons (Fsp3) is 0.300. The van der Waals surface area contributed by atoms with E-state index in [0.717, 1.165) is 31.2 Å². The largest absolute Gasteiger partial charge is 0.455 e. The van der Waals surface area contributed by atoms with Crippen LogP contribution in [0.15, 0.2) is 48.5 Å². The molecule has 0 spiro atoms. The zero-order valence-corrected chi connectivity index (χ0v) is 15.6. The van der Waals surface area contributed by atoms with Gasteiger partial charge in [-0.25, -0.2) is 0 Å². The van der Waals surface area contributed by atoms with Gasteiger partial charge in [0, 0.05) is 0 Å². The van der Waals surface area contributed by atoms with Crippen LogP contribution in [0.2, 0.25) is 10.0 Å². The number of anilines is 1. The molecular formula is C20H19Cl2NO3. The minimum absolute atomic E-state index is 0.255. The highest BCUT2D eigenvalue weighted by Crippen LogP contribution is 2.42. The van der Waals surface area contributed by atoms with E-state index in [2.05, 4.69) is 5.32 Å². The first kappa shape index (κ1) is 18.7. The smallest absolute Gasteiger partial charge is 0.317 e. The molecule has 6 heteroatoms. The molecule has 0 bridgehead atoms. The number of esters is 1. The number of rotatable bonds is 5. The van der Waals surface area contributed by atoms with Crippen molar-refractivity contribution in [1.29, 1.82) is 0 Å². The highest BCUT2D eigenvalue weighted by atomic mass is 35.5. The summed E-state index contributed by atoms with van der Waals surface area (Å²) in [6.45, 7) is -0.365. The summed E-state index contributed by atoms with van der Waals surface area (Å²) in [7, 11) is 0. The molecule has 4 nitrogen and oxygen atoms in total. The summed E-state index contributed by atoms with van der Waals surface area (Å²) in [6.07, 6.45) is 3.40. The Morgan fingerprint density at radius 2 is 1.69 bits per heavy atom. The van der Waals surface area contributed by atoms with Gasteiger partial charge in [-0.1, -0.05) is 72.4 Å². The average molecular weight is 392 g/mol. The number of amides is 1. The molecule has 3 rings (SSSR count). The first-order valence-corrected chi connectivity index (χ1v) is 9.25. The minimum Gasteiger partial charge on any atom is -0.455 e. The number of hydrogen-bond donors (Lipinski definition) is 1. The summed E-state index contributed by atoms with van der Waals surface area (Å²) in [5.74, 6) is -0.808. The van der Waals surface area contributed by atoms with Gasteiger partial charge in [-0.15, -0.1) is 0 Å². The predicted octanol–water partition coefficient (Wildman–Crippen LogP) is 4.99. The van der Waals surface area contributed by atoms with Crippen LogP contribution in [0.4, 0.5) is 5.69 Å². The van der Waals surface area contributed by atoms with Crippen molar-refractivity contribution in [2.45, 2.75) is 31.1 Å². The van der Waals surface area contributed by atoms with Crippen molar-refractivity contribution in [3.8, 4) is 0 Å². The van der Waals surface area contributed by atoms with Crippen molar-refractivity contribution in [1.82, 2.24) is 0 Å². The number of hydrogen-bond acceptors (Lipinski definition) is 3. The third-order valence-corrected chi connectivity index (χ3v) is 5.55. The Morgan fingerprint density at radius 3 is 2.38 bits per heavy atom. The lowest BCUT2D eigenvalue weighted by Gasteiger charge is -2.27. The van der Waals surface area contributed by atoms with E-state index in [9.17, 15) is 9.59 Å². The third kappa shape index (κ3) is 3.87. The van der Waals surface area contributed by atoms with Crippen LogP contribution in [0.5, 0.6) is 0 Å². The van der Waals surface area contributed by atoms with Gasteiger partial charge in [0.25, 0.3) is 5.91 Å². The van der Waals surface area contributed by atoms with Gasteiger partial charge in [0.1, 0.15) is 0 Å². The highest BCUT2D eigenvalue weighted by molar-refractivity contribution is 6.44. The van der Waals surface area contributed by atoms with Crippen LogP contribution in [0.3, 0.4) is 0 Å². The normalized spacial score (nSPS) is 15.5. The molecule has 26 heavy (non-hydrogen) atoms. The van der Waals surface area contributed by atoms with Gasteiger partial charge in [0.05, 0.1) is 21.1 Å². The average Bonchev–Trinajstić information content (AvgIpc) is 3.15. The summed E-state index contributed by atoms with van der Waals surface area (Å²) in [5, 5.41) is 3.21. The van der Waals surface area contributed by atoms with Gasteiger partial charge >= 0.3 is 5.97 Å². The van der Waals surface area contributed by atoms with Gasteiger partial charge in [-0.05, 0) is 30.5 Å². The van der Waals surface area contributed by atoms with Crippen molar-refractivity contribution in [3.63, 3.8) is 0 Å². The van der Waals surface area contributed by atoms with Gasteiger partial charge < -0.3 is 10.1 Å². The van der Waals surface area contributed by atoms with Crippen LogP contribution < -0.4 is 5.32 Å². The Hall–Kier alpha value is -2.04. The fourth-order valence-electron chi connectivity index (χ4n) is 3.40. The second-order valence-corrected chi connectivity index (χ2v) is 7.17. The van der Waals surface area contributed by atoms with Crippen LogP contribution in [0.25, 0.3) is 0 Å². The lowest BCUT2D eigenvalue weighted by atomic mass is 9.79. The predicted molar refractivity (Wildman–Crippen MR) is 103 cm³/mol. The number of nitrogens with one attached hydrogen (secondary N) is 1. The van der Waals surface area contributed by atoms with Crippen LogP contribution >= 0.6 is 23.2 Å². The van der Waals surface area contributed by atoms with Gasteiger partial charge in [-0.3, -0.25) is 9.59 Å². The number of ether oxygens (including phenoxy) is 1. The Kier molecular flexibility index (Phi) is 5.84. The third-order valence-electron chi connectivity index (χ3n) is 4.73. The molecule has 0 unspecified atom stereocenters. The first-order chi connectivity index (χ1) is 12.5. The lowest BCUT2D eigenvalue weighted by Crippen LogP contribution is -2.36. The van der Waals surface area contributed by atoms with E-state index < -0.39 is 11.3 Å². The summed E-state index contributed by atoms with van der Waals surface area (Å²) in [4.78, 5) is 24.9. The molecule has 0 aliphatic heterocycles. The second-order valence-electron chi connectivity index (χ2n) is 6.38. The molecule has 1 amide bonds. The molecule has 1 aliphatic rings. The molecule has 1 N–H and O–H groups in total. The molecular weight excluding hydrogens is 373 g/mol. The van der Waals surface area contributed by atoms with E-state index in [4.69, 9.17) is 27.9 Å². The van der Waals surface area contributed by atoms with Crippen molar-refractivity contribution in [2.24, 2.45) is 0 Å². The maximum absolute atomic E-state index is 12.8. The maximum Gasteiger partial charge on any atom is 0.317 e. The van der Waals surface area contributed by atoms with Crippen molar-refractivity contribution in [2.75, 3.05) is 11.9 Å². The van der Waals surface area contributed by atoms with E-state index in [1.807, 2.05) is 30.3 Å². The molecule has 1 aliphatic carbocycles. The van der Waals surface area contributed by atoms with Crippen molar-refractivity contribution < 1.29 is 14.3 Å². The van der Waals surface area contributed by atoms with Crippen LogP contribution in [-0.4, -0.2) is 18.5 Å². The topological polar surface area (TPSA) is 55.4 Å². The van der Waals surface area contributed by atoms with Crippen molar-refractivity contribution >= 4 is 40.8 Å². The molecule has 136 valence electrons. The molecule has 0 saturated heterocycles. The fourth-order valence-corrected chi connectivity index (χ4v) is 3.75. The van der Waals surface area contributed by atoms with Gasteiger partial charge in [-0.2, -0.15) is 0 Å². The van der Waals surface area contributed by atoms with E-state index >= 15 is 0 Å². The zero-order valence-electron chi connectivity index (χ0n) is 14.1. The summed E-state index contributed by atoms with van der Waals surface area (Å²) in [6, 6.07) is 14.6. The van der Waals surface area contributed by atoms with E-state index in [-0.39, 0.29) is 17.6 Å². The zero-order chi connectivity index (χ0) is 18.6. The Morgan fingerprint density at radius 1 is 1.00 bits per heavy atom. The molecule has 2 aromatic carbocycles. The monoisotopic (exact) mass is 391 g/mol. The molecule has 1 saturated carbocycles. The standard InChI is InChI=1S/C20H19Cl2NO3/c21-15-9-6-10-16(18(15)22)23-17(24)13-26-19(25)20(11-4-5-12-20)14-7-2-1-3-8-14/h1-3,6-10H,4-5,11-13H2,(H,23,24). The molecule has 0 heterocycles. The molecule has 2 aromatic rings. The minimum atomic E-state index is -0.657. The van der Waals surface area contributed by atoms with Gasteiger partial charge in [0.2, 0.25) is 0 Å². The SMILES string of the molecule is O=C(COC(=O)C1(c2ccccc2)CCCC1)Nc1cccc(Cl)c1Cl. The number of carbonyl (C=O) groups is 2. The second kappa shape index (κ2) is 8.11. The number of carbonyl (C=O) groups excluding carboxylic acids is 2. The summed E-state index contributed by atoms with van der Waals surface area (Å²) >= 11 is 12.0. The van der Waals surface area contributed by atoms with Crippen LogP contribution in [0.1, 0.15) is 31.2 Å². The number of benzene rings is 2. The van der Waals surface area contributed by atoms with Crippen molar-refractivity contribution in [3.05, 3.63) is 64.1 Å². The Bertz CT molecular complexity index is 802. The first-order valence-electron chi connectivity index (χ1n) is 8.49. The van der Waals surface area contributed by atoms with Gasteiger partial charge in [0.15, 0.2) is 6.61 Å². The molecule has 0 radical (unpaired) electrons. The maximum atomic E-state index is 12.8. The van der Waals surface area contributed by atoms with E-state index in [1.165, 1.54) is 0 Å². The summed E-state index contributed by atoms with van der Waals surface area (Å²) < 4.78 is 5.36. The number of halogens is 2. The molecule has 1 fully saturated rings. The highest BCUT2D eigenvalue weighted by Gasteiger charge is 2.44. The van der Waals surface area contributed by atoms with E-state index in [1.54, 1.807) is 18.2 Å². The quantitative estimate of drug-likeness (QED) is 0.730. The van der Waals surface area contributed by atoms with Crippen LogP contribution in [-0.2, 0) is 19.7 Å². The van der Waals surface area contributed by atoms with E-state index in [0.29, 0.717) is 10.7 Å². The Balaban J connectivity index is 1.65. The van der Waals surface area contributed by atoms with Crippen LogP contribution in [0, 0.1) is 0 Å². The Labute approximate surface area is 162 Å². The summed E-state index contributed by atoms with van der Waals surface area (Å²) in [5.41, 5.74) is 0.676. The molecule has 0 aromatic heterocycles. The molecule has 0 atom stereocenters. The lowest BCUT2D eigenvalue weighted by molar-refractivity contribution is -0.153.